The van der Waals surface area contributed by atoms with E-state index in [0.29, 0.717) is 57.3 Å². The van der Waals surface area contributed by atoms with Crippen LogP contribution in [0.25, 0.3) is 0 Å². The zero-order valence-electron chi connectivity index (χ0n) is 27.0. The van der Waals surface area contributed by atoms with Gasteiger partial charge in [-0.05, 0) is 72.5 Å². The van der Waals surface area contributed by atoms with Crippen LogP contribution in [-0.4, -0.2) is 50.2 Å². The van der Waals surface area contributed by atoms with E-state index < -0.39 is 74.8 Å². The van der Waals surface area contributed by atoms with Gasteiger partial charge in [-0.15, -0.1) is 0 Å². The summed E-state index contributed by atoms with van der Waals surface area (Å²) >= 11 is 0. The number of methoxy groups -OCH3 is 2. The predicted octanol–water partition coefficient (Wildman–Crippen LogP) is 6.50. The van der Waals surface area contributed by atoms with E-state index in [1.165, 1.54) is 52.3 Å². The third kappa shape index (κ3) is 4.87. The molecule has 0 aromatic heterocycles. The van der Waals surface area contributed by atoms with Gasteiger partial charge in [0.15, 0.2) is 0 Å². The number of aryl methyl sites for hydroxylation is 2. The molecule has 0 fully saturated rings. The van der Waals surface area contributed by atoms with Crippen molar-refractivity contribution in [2.24, 2.45) is 0 Å². The van der Waals surface area contributed by atoms with Gasteiger partial charge in [0, 0.05) is 12.1 Å². The van der Waals surface area contributed by atoms with Crippen LogP contribution in [0.5, 0.6) is 11.5 Å². The summed E-state index contributed by atoms with van der Waals surface area (Å²) in [5.74, 6) is -4.26. The monoisotopic (exact) mass is 712 g/mol. The summed E-state index contributed by atoms with van der Waals surface area (Å²) in [7, 11) is 2.53. The first-order chi connectivity index (χ1) is 23.8. The Morgan fingerprint density at radius 2 is 0.863 bits per heavy atom. The maximum atomic E-state index is 15.2. The van der Waals surface area contributed by atoms with Gasteiger partial charge in [0.2, 0.25) is 5.41 Å². The number of amides is 4. The Labute approximate surface area is 285 Å². The van der Waals surface area contributed by atoms with Crippen molar-refractivity contribution >= 4 is 46.4 Å². The van der Waals surface area contributed by atoms with Crippen molar-refractivity contribution in [3.63, 3.8) is 0 Å². The van der Waals surface area contributed by atoms with Gasteiger partial charge in [0.25, 0.3) is 23.6 Å². The third-order valence-corrected chi connectivity index (χ3v) is 9.07. The van der Waals surface area contributed by atoms with Gasteiger partial charge in [-0.1, -0.05) is 12.1 Å². The van der Waals surface area contributed by atoms with E-state index in [1.54, 1.807) is 0 Å². The van der Waals surface area contributed by atoms with Crippen molar-refractivity contribution < 1.29 is 55.0 Å². The van der Waals surface area contributed by atoms with Crippen molar-refractivity contribution in [3.8, 4) is 11.5 Å². The molecular formula is C35H26F6N4O6. The zero-order valence-corrected chi connectivity index (χ0v) is 27.0. The number of nitrogen functional groups attached to an aromatic ring is 2. The third-order valence-electron chi connectivity index (χ3n) is 9.07. The first kappa shape index (κ1) is 34.8. The Kier molecular flexibility index (Phi) is 7.84. The lowest BCUT2D eigenvalue weighted by Gasteiger charge is -2.38. The molecule has 0 atom stereocenters. The molecule has 4 aromatic carbocycles. The molecule has 2 heterocycles. The second kappa shape index (κ2) is 11.5. The minimum atomic E-state index is -6.13. The number of hydrogen-bond donors (Lipinski definition) is 2. The molecular weight excluding hydrogens is 686 g/mol. The molecule has 264 valence electrons. The van der Waals surface area contributed by atoms with Gasteiger partial charge in [-0.2, -0.15) is 26.3 Å². The number of rotatable bonds is 6. The smallest absolute Gasteiger partial charge is 0.411 e. The number of anilines is 4. The first-order valence-electron chi connectivity index (χ1n) is 14.9. The minimum Gasteiger partial charge on any atom is -0.495 e. The highest BCUT2D eigenvalue weighted by atomic mass is 19.4. The largest absolute Gasteiger partial charge is 0.495 e. The van der Waals surface area contributed by atoms with Crippen molar-refractivity contribution in [3.05, 3.63) is 105 Å². The fourth-order valence-corrected chi connectivity index (χ4v) is 6.60. The summed E-state index contributed by atoms with van der Waals surface area (Å²) in [5, 5.41) is 0. The summed E-state index contributed by atoms with van der Waals surface area (Å²) in [4.78, 5) is 55.3. The van der Waals surface area contributed by atoms with Crippen LogP contribution in [-0.2, 0) is 5.41 Å². The van der Waals surface area contributed by atoms with E-state index in [1.807, 2.05) is 0 Å². The highest BCUT2D eigenvalue weighted by Crippen LogP contribution is 2.57. The molecule has 4 N–H and O–H groups in total. The Bertz CT molecular complexity index is 2060. The lowest BCUT2D eigenvalue weighted by molar-refractivity contribution is -0.288. The number of nitrogens with two attached hydrogens (primary N) is 2. The number of carbonyl (C=O) groups is 4. The van der Waals surface area contributed by atoms with Gasteiger partial charge >= 0.3 is 12.4 Å². The predicted molar refractivity (Wildman–Crippen MR) is 172 cm³/mol. The topological polar surface area (TPSA) is 145 Å². The highest BCUT2D eigenvalue weighted by molar-refractivity contribution is 6.35. The molecule has 4 amide bonds. The van der Waals surface area contributed by atoms with E-state index >= 15 is 26.3 Å². The van der Waals surface area contributed by atoms with Crippen LogP contribution in [0.1, 0.15) is 63.7 Å². The Hall–Kier alpha value is -6.06. The van der Waals surface area contributed by atoms with E-state index in [0.717, 1.165) is 0 Å². The Balaban J connectivity index is 1.51. The van der Waals surface area contributed by atoms with Crippen LogP contribution < -0.4 is 30.7 Å². The van der Waals surface area contributed by atoms with Crippen LogP contribution in [0.4, 0.5) is 49.1 Å². The molecule has 0 radical (unpaired) electrons. The van der Waals surface area contributed by atoms with Crippen molar-refractivity contribution in [2.75, 3.05) is 35.5 Å². The number of nitrogens with zero attached hydrogens (tertiary/aromatic N) is 2. The fourth-order valence-electron chi connectivity index (χ4n) is 6.60. The average Bonchev–Trinajstić information content (AvgIpc) is 3.43. The quantitative estimate of drug-likeness (QED) is 0.131. The van der Waals surface area contributed by atoms with Crippen LogP contribution in [0.3, 0.4) is 0 Å². The molecule has 0 bridgehead atoms. The first-order valence-corrected chi connectivity index (χ1v) is 14.9. The molecule has 0 saturated carbocycles. The summed E-state index contributed by atoms with van der Waals surface area (Å²) < 4.78 is 102. The van der Waals surface area contributed by atoms with Crippen LogP contribution in [0.2, 0.25) is 0 Å². The van der Waals surface area contributed by atoms with Crippen molar-refractivity contribution in [1.82, 2.24) is 0 Å². The summed E-state index contributed by atoms with van der Waals surface area (Å²) in [5.41, 5.74) is 2.48. The van der Waals surface area contributed by atoms with Crippen molar-refractivity contribution in [2.45, 2.75) is 31.6 Å². The molecule has 16 heteroatoms. The molecule has 6 rings (SSSR count). The Morgan fingerprint density at radius 3 is 1.18 bits per heavy atom. The maximum Gasteiger partial charge on any atom is 0.411 e. The van der Waals surface area contributed by atoms with Gasteiger partial charge < -0.3 is 20.9 Å². The van der Waals surface area contributed by atoms with E-state index in [9.17, 15) is 19.2 Å². The summed E-state index contributed by atoms with van der Waals surface area (Å²) in [6.07, 6.45) is -12.3. The van der Waals surface area contributed by atoms with Crippen molar-refractivity contribution in [1.29, 1.82) is 0 Å². The van der Waals surface area contributed by atoms with E-state index in [-0.39, 0.29) is 34.2 Å². The average molecular weight is 713 g/mol. The molecule has 2 aliphatic rings. The number of halogens is 6. The lowest BCUT2D eigenvalue weighted by Crippen LogP contribution is -2.55. The number of hydrogen-bond acceptors (Lipinski definition) is 8. The maximum absolute atomic E-state index is 15.2. The number of fused-ring (bicyclic) bond motifs is 2. The molecule has 0 aliphatic carbocycles. The van der Waals surface area contributed by atoms with Crippen LogP contribution >= 0.6 is 0 Å². The number of alkyl halides is 6. The standard InChI is InChI=1S/C35H26F6N4O6/c1-15-9-23(42)27(50-3)13-25(15)44-29(46)19-7-5-17(11-21(19)31(44)48)33(34(36,37)38,35(39,40)41)18-6-8-20-22(12-18)32(49)45(30(20)47)26-14-28(51-4)24(43)10-16(26)2/h5-14H,42-43H2,1-4H3. The normalized spacial score (nSPS) is 14.7. The molecule has 0 spiro atoms. The molecule has 0 unspecified atom stereocenters. The number of imide groups is 2. The SMILES string of the molecule is COc1cc(N2C(=O)c3ccc(C(c4ccc5c(c4)C(=O)N(c4cc(OC)c(N)cc4C)C5=O)(C(F)(F)F)C(F)(F)F)cc3C2=O)c(C)cc1N. The van der Waals surface area contributed by atoms with Gasteiger partial charge in [-0.3, -0.25) is 19.2 Å². The molecule has 2 aliphatic heterocycles. The highest BCUT2D eigenvalue weighted by Gasteiger charge is 2.73. The van der Waals surface area contributed by atoms with E-state index in [4.69, 9.17) is 20.9 Å². The molecule has 0 saturated heterocycles. The molecule has 51 heavy (non-hydrogen) atoms. The van der Waals surface area contributed by atoms with Gasteiger partial charge in [0.1, 0.15) is 11.5 Å². The fraction of sp³-hybridized carbons (Fsp3) is 0.200. The zero-order chi connectivity index (χ0) is 37.5. The molecule has 10 nitrogen and oxygen atoms in total. The van der Waals surface area contributed by atoms with E-state index in [2.05, 4.69) is 0 Å². The Morgan fingerprint density at radius 1 is 0.529 bits per heavy atom. The van der Waals surface area contributed by atoms with Crippen LogP contribution in [0, 0.1) is 13.8 Å². The number of benzene rings is 4. The van der Waals surface area contributed by atoms with Gasteiger partial charge in [0.05, 0.1) is 59.2 Å². The second-order valence-corrected chi connectivity index (χ2v) is 11.9. The van der Waals surface area contributed by atoms with Crippen LogP contribution in [0.15, 0.2) is 60.7 Å². The second-order valence-electron chi connectivity index (χ2n) is 11.9. The minimum absolute atomic E-state index is 0.0491. The van der Waals surface area contributed by atoms with Gasteiger partial charge in [-0.25, -0.2) is 9.80 Å². The summed E-state index contributed by atoms with van der Waals surface area (Å²) in [6, 6.07) is 8.34. The molecule has 4 aromatic rings. The number of carbonyl (C=O) groups excluding carboxylic acids is 4. The summed E-state index contributed by atoms with van der Waals surface area (Å²) in [6.45, 7) is 2.98. The number of ether oxygens (including phenoxy) is 2. The lowest BCUT2D eigenvalue weighted by atomic mass is 9.71.